The molecule has 1 N–H and O–H groups in total. The van der Waals surface area contributed by atoms with Crippen molar-refractivity contribution in [2.75, 3.05) is 7.11 Å². The standard InChI is InChI=1S/C24H19ClN2O3/c1-3-7-15-14-16(25)12-13-20(15)30-24-17-8-4-5-10-19(17)26-23(27-24)18-9-6-11-21(29-2)22(18)28/h3-6,8-14,28H,1,7H2,2H3. The number of benzene rings is 3. The third-order valence-electron chi connectivity index (χ3n) is 4.62. The minimum atomic E-state index is -0.0277. The van der Waals surface area contributed by atoms with Crippen LogP contribution < -0.4 is 9.47 Å². The minimum absolute atomic E-state index is 0.0277. The lowest BCUT2D eigenvalue weighted by atomic mass is 10.1. The van der Waals surface area contributed by atoms with E-state index in [0.29, 0.717) is 45.7 Å². The fraction of sp³-hybridized carbons (Fsp3) is 0.0833. The number of para-hydroxylation sites is 2. The van der Waals surface area contributed by atoms with Gasteiger partial charge in [-0.3, -0.25) is 0 Å². The van der Waals surface area contributed by atoms with Gasteiger partial charge in [-0.2, -0.15) is 4.98 Å². The van der Waals surface area contributed by atoms with Gasteiger partial charge in [0.2, 0.25) is 5.88 Å². The van der Waals surface area contributed by atoms with E-state index >= 15 is 0 Å². The Hall–Kier alpha value is -3.57. The third-order valence-corrected chi connectivity index (χ3v) is 4.86. The van der Waals surface area contributed by atoms with Gasteiger partial charge in [-0.25, -0.2) is 4.98 Å². The lowest BCUT2D eigenvalue weighted by Gasteiger charge is -2.14. The summed E-state index contributed by atoms with van der Waals surface area (Å²) in [6.07, 6.45) is 2.39. The first-order valence-corrected chi connectivity index (χ1v) is 9.69. The maximum Gasteiger partial charge on any atom is 0.230 e. The van der Waals surface area contributed by atoms with Crippen molar-refractivity contribution in [3.05, 3.63) is 83.9 Å². The van der Waals surface area contributed by atoms with Crippen LogP contribution in [-0.2, 0) is 6.42 Å². The van der Waals surface area contributed by atoms with Crippen LogP contribution in [0.5, 0.6) is 23.1 Å². The topological polar surface area (TPSA) is 64.5 Å². The fourth-order valence-electron chi connectivity index (χ4n) is 3.18. The zero-order valence-corrected chi connectivity index (χ0v) is 17.1. The van der Waals surface area contributed by atoms with E-state index in [9.17, 15) is 5.11 Å². The average molecular weight is 419 g/mol. The smallest absolute Gasteiger partial charge is 0.230 e. The molecule has 0 radical (unpaired) electrons. The van der Waals surface area contributed by atoms with Crippen LogP contribution in [0, 0.1) is 0 Å². The highest BCUT2D eigenvalue weighted by Gasteiger charge is 2.17. The Morgan fingerprint density at radius 2 is 1.87 bits per heavy atom. The Bertz CT molecular complexity index is 1240. The van der Waals surface area contributed by atoms with Crippen molar-refractivity contribution in [2.45, 2.75) is 6.42 Å². The lowest BCUT2D eigenvalue weighted by molar-refractivity contribution is 0.374. The molecule has 0 saturated carbocycles. The van der Waals surface area contributed by atoms with Gasteiger partial charge in [-0.1, -0.05) is 35.9 Å². The van der Waals surface area contributed by atoms with Gasteiger partial charge in [-0.05, 0) is 48.9 Å². The van der Waals surface area contributed by atoms with E-state index < -0.39 is 0 Å². The molecule has 0 saturated heterocycles. The number of aromatic nitrogens is 2. The molecule has 0 bridgehead atoms. The number of hydrogen-bond acceptors (Lipinski definition) is 5. The highest BCUT2D eigenvalue weighted by molar-refractivity contribution is 6.30. The molecule has 0 aliphatic heterocycles. The summed E-state index contributed by atoms with van der Waals surface area (Å²) < 4.78 is 11.4. The predicted octanol–water partition coefficient (Wildman–Crippen LogP) is 6.19. The molecule has 3 aromatic carbocycles. The van der Waals surface area contributed by atoms with Gasteiger partial charge in [0.15, 0.2) is 17.3 Å². The molecular formula is C24H19ClN2O3. The van der Waals surface area contributed by atoms with Crippen molar-refractivity contribution in [3.8, 4) is 34.5 Å². The number of aromatic hydroxyl groups is 1. The molecule has 0 atom stereocenters. The number of fused-ring (bicyclic) bond motifs is 1. The number of ether oxygens (including phenoxy) is 2. The summed E-state index contributed by atoms with van der Waals surface area (Å²) in [5.74, 6) is 1.66. The number of nitrogens with zero attached hydrogens (tertiary/aromatic N) is 2. The van der Waals surface area contributed by atoms with Gasteiger partial charge < -0.3 is 14.6 Å². The summed E-state index contributed by atoms with van der Waals surface area (Å²) in [5.41, 5.74) is 2.04. The van der Waals surface area contributed by atoms with Crippen LogP contribution in [0.15, 0.2) is 73.3 Å². The molecule has 150 valence electrons. The monoisotopic (exact) mass is 418 g/mol. The summed E-state index contributed by atoms with van der Waals surface area (Å²) in [7, 11) is 1.50. The van der Waals surface area contributed by atoms with Crippen molar-refractivity contribution in [1.82, 2.24) is 9.97 Å². The van der Waals surface area contributed by atoms with Crippen molar-refractivity contribution in [2.24, 2.45) is 0 Å². The SMILES string of the molecule is C=CCc1cc(Cl)ccc1Oc1nc(-c2cccc(OC)c2O)nc2ccccc12. The summed E-state index contributed by atoms with van der Waals surface area (Å²) in [6, 6.07) is 18.1. The van der Waals surface area contributed by atoms with Crippen LogP contribution in [0.3, 0.4) is 0 Å². The zero-order valence-electron chi connectivity index (χ0n) is 16.3. The van der Waals surface area contributed by atoms with Gasteiger partial charge in [0, 0.05) is 10.6 Å². The molecule has 0 amide bonds. The largest absolute Gasteiger partial charge is 0.504 e. The quantitative estimate of drug-likeness (QED) is 0.378. The van der Waals surface area contributed by atoms with Gasteiger partial charge >= 0.3 is 0 Å². The van der Waals surface area contributed by atoms with Gasteiger partial charge in [-0.15, -0.1) is 6.58 Å². The molecule has 1 heterocycles. The number of rotatable bonds is 6. The fourth-order valence-corrected chi connectivity index (χ4v) is 3.37. The van der Waals surface area contributed by atoms with Crippen LogP contribution in [-0.4, -0.2) is 22.2 Å². The number of phenolic OH excluding ortho intramolecular Hbond substituents is 1. The molecule has 0 spiro atoms. The summed E-state index contributed by atoms with van der Waals surface area (Å²) in [5, 5.41) is 11.9. The molecule has 6 heteroatoms. The molecule has 0 aliphatic rings. The average Bonchev–Trinajstić information content (AvgIpc) is 2.76. The Morgan fingerprint density at radius 3 is 2.67 bits per heavy atom. The zero-order chi connectivity index (χ0) is 21.1. The van der Waals surface area contributed by atoms with Gasteiger partial charge in [0.25, 0.3) is 0 Å². The molecule has 4 rings (SSSR count). The molecule has 1 aromatic heterocycles. The van der Waals surface area contributed by atoms with Crippen LogP contribution in [0.1, 0.15) is 5.56 Å². The highest BCUT2D eigenvalue weighted by Crippen LogP contribution is 2.38. The third kappa shape index (κ3) is 3.80. The predicted molar refractivity (Wildman–Crippen MR) is 119 cm³/mol. The van der Waals surface area contributed by atoms with Gasteiger partial charge in [0.05, 0.1) is 23.6 Å². The van der Waals surface area contributed by atoms with E-state index in [1.807, 2.05) is 30.3 Å². The molecule has 5 nitrogen and oxygen atoms in total. The highest BCUT2D eigenvalue weighted by atomic mass is 35.5. The molecule has 0 fully saturated rings. The first-order chi connectivity index (χ1) is 14.6. The number of phenols is 1. The molecule has 0 unspecified atom stereocenters. The van der Waals surface area contributed by atoms with E-state index in [4.69, 9.17) is 21.1 Å². The van der Waals surface area contributed by atoms with E-state index in [-0.39, 0.29) is 5.75 Å². The van der Waals surface area contributed by atoms with E-state index in [2.05, 4.69) is 16.5 Å². The Morgan fingerprint density at radius 1 is 1.03 bits per heavy atom. The van der Waals surface area contributed by atoms with Crippen molar-refractivity contribution in [1.29, 1.82) is 0 Å². The normalized spacial score (nSPS) is 10.7. The molecule has 30 heavy (non-hydrogen) atoms. The van der Waals surface area contributed by atoms with Crippen LogP contribution >= 0.6 is 11.6 Å². The number of methoxy groups -OCH3 is 1. The Kier molecular flexibility index (Phi) is 5.55. The summed E-state index contributed by atoms with van der Waals surface area (Å²) in [4.78, 5) is 9.23. The Balaban J connectivity index is 1.88. The molecular weight excluding hydrogens is 400 g/mol. The number of allylic oxidation sites excluding steroid dienone is 1. The van der Waals surface area contributed by atoms with E-state index in [1.165, 1.54) is 7.11 Å². The summed E-state index contributed by atoms with van der Waals surface area (Å²) >= 11 is 6.15. The number of halogens is 1. The molecule has 4 aromatic rings. The first-order valence-electron chi connectivity index (χ1n) is 9.31. The first kappa shape index (κ1) is 19.7. The molecule has 0 aliphatic carbocycles. The second-order valence-corrected chi connectivity index (χ2v) is 7.01. The minimum Gasteiger partial charge on any atom is -0.504 e. The summed E-state index contributed by atoms with van der Waals surface area (Å²) in [6.45, 7) is 3.80. The van der Waals surface area contributed by atoms with Crippen molar-refractivity contribution in [3.63, 3.8) is 0 Å². The van der Waals surface area contributed by atoms with Crippen LogP contribution in [0.2, 0.25) is 5.02 Å². The van der Waals surface area contributed by atoms with Crippen LogP contribution in [0.4, 0.5) is 0 Å². The van der Waals surface area contributed by atoms with E-state index in [0.717, 1.165) is 10.9 Å². The second-order valence-electron chi connectivity index (χ2n) is 6.57. The van der Waals surface area contributed by atoms with Crippen molar-refractivity contribution >= 4 is 22.5 Å². The lowest BCUT2D eigenvalue weighted by Crippen LogP contribution is -1.98. The second kappa shape index (κ2) is 8.43. The Labute approximate surface area is 179 Å². The van der Waals surface area contributed by atoms with Gasteiger partial charge in [0.1, 0.15) is 5.75 Å². The number of hydrogen-bond donors (Lipinski definition) is 1. The maximum atomic E-state index is 10.6. The van der Waals surface area contributed by atoms with Crippen molar-refractivity contribution < 1.29 is 14.6 Å². The van der Waals surface area contributed by atoms with Crippen LogP contribution in [0.25, 0.3) is 22.3 Å². The maximum absolute atomic E-state index is 10.6. The van der Waals surface area contributed by atoms with E-state index in [1.54, 1.807) is 36.4 Å².